The molecule has 3 aromatic rings. The van der Waals surface area contributed by atoms with Crippen LogP contribution in [0.4, 0.5) is 5.95 Å². The molecule has 0 fully saturated rings. The van der Waals surface area contributed by atoms with Gasteiger partial charge in [0.2, 0.25) is 11.1 Å². The van der Waals surface area contributed by atoms with Crippen molar-refractivity contribution >= 4 is 23.7 Å². The number of carbonyl (C=O) groups is 1. The Bertz CT molecular complexity index is 1160. The van der Waals surface area contributed by atoms with Crippen LogP contribution in [0.2, 0.25) is 0 Å². The Morgan fingerprint density at radius 1 is 1.15 bits per heavy atom. The zero-order chi connectivity index (χ0) is 23.4. The normalized spacial score (nSPS) is 15.2. The van der Waals surface area contributed by atoms with Gasteiger partial charge in [0.15, 0.2) is 0 Å². The van der Waals surface area contributed by atoms with E-state index >= 15 is 0 Å². The molecule has 1 aliphatic heterocycles. The molecule has 0 saturated carbocycles. The second-order valence-electron chi connectivity index (χ2n) is 7.93. The van der Waals surface area contributed by atoms with E-state index in [0.717, 1.165) is 16.9 Å². The van der Waals surface area contributed by atoms with Crippen molar-refractivity contribution in [1.82, 2.24) is 14.8 Å². The van der Waals surface area contributed by atoms with Crippen molar-refractivity contribution in [3.63, 3.8) is 0 Å². The van der Waals surface area contributed by atoms with Gasteiger partial charge in [-0.1, -0.05) is 67.2 Å². The zero-order valence-corrected chi connectivity index (χ0v) is 20.1. The molecule has 1 atom stereocenters. The van der Waals surface area contributed by atoms with Gasteiger partial charge >= 0.3 is 5.97 Å². The van der Waals surface area contributed by atoms with Crippen LogP contribution in [0.25, 0.3) is 0 Å². The molecule has 8 heteroatoms. The monoisotopic (exact) mass is 464 g/mol. The number of fused-ring (bicyclic) bond motifs is 1. The van der Waals surface area contributed by atoms with Gasteiger partial charge < -0.3 is 14.8 Å². The molecule has 33 heavy (non-hydrogen) atoms. The van der Waals surface area contributed by atoms with E-state index in [1.165, 1.54) is 0 Å². The van der Waals surface area contributed by atoms with Crippen LogP contribution in [0.15, 0.2) is 71.0 Å². The molecular formula is C25H28N4O3S. The van der Waals surface area contributed by atoms with E-state index < -0.39 is 6.04 Å². The van der Waals surface area contributed by atoms with Crippen LogP contribution in [-0.2, 0) is 16.1 Å². The molecule has 2 heterocycles. The summed E-state index contributed by atoms with van der Waals surface area (Å²) in [6.07, 6.45) is -0.244. The van der Waals surface area contributed by atoms with E-state index in [1.807, 2.05) is 75.4 Å². The fourth-order valence-corrected chi connectivity index (χ4v) is 4.28. The number of hydrogen-bond donors (Lipinski definition) is 1. The van der Waals surface area contributed by atoms with Crippen molar-refractivity contribution < 1.29 is 14.3 Å². The number of benzene rings is 2. The summed E-state index contributed by atoms with van der Waals surface area (Å²) < 4.78 is 13.6. The largest absolute Gasteiger partial charge is 0.489 e. The molecule has 0 spiro atoms. The second kappa shape index (κ2) is 10.1. The van der Waals surface area contributed by atoms with Gasteiger partial charge in [0.05, 0.1) is 11.7 Å². The number of thioether (sulfide) groups is 1. The highest BCUT2D eigenvalue weighted by atomic mass is 32.2. The number of nitrogens with one attached hydrogen (secondary N) is 1. The van der Waals surface area contributed by atoms with Gasteiger partial charge in [-0.2, -0.15) is 4.98 Å². The minimum Gasteiger partial charge on any atom is -0.489 e. The van der Waals surface area contributed by atoms with Crippen LogP contribution in [0.3, 0.4) is 0 Å². The second-order valence-corrected chi connectivity index (χ2v) is 9.16. The summed E-state index contributed by atoms with van der Waals surface area (Å²) in [5.74, 6) is 1.73. The van der Waals surface area contributed by atoms with Crippen molar-refractivity contribution in [2.24, 2.45) is 0 Å². The number of aromatic nitrogens is 3. The van der Waals surface area contributed by atoms with Crippen molar-refractivity contribution in [3.8, 4) is 5.75 Å². The first-order chi connectivity index (χ1) is 16.0. The van der Waals surface area contributed by atoms with Crippen LogP contribution < -0.4 is 10.1 Å². The molecule has 0 radical (unpaired) electrons. The van der Waals surface area contributed by atoms with E-state index in [9.17, 15) is 4.79 Å². The van der Waals surface area contributed by atoms with E-state index in [2.05, 4.69) is 17.2 Å². The van der Waals surface area contributed by atoms with Crippen LogP contribution in [0, 0.1) is 0 Å². The van der Waals surface area contributed by atoms with Crippen molar-refractivity contribution in [3.05, 3.63) is 77.0 Å². The number of ether oxygens (including phenoxy) is 2. The molecule has 0 amide bonds. The fourth-order valence-electron chi connectivity index (χ4n) is 3.72. The lowest BCUT2D eigenvalue weighted by Crippen LogP contribution is -2.30. The Balaban J connectivity index is 1.78. The maximum Gasteiger partial charge on any atom is 0.338 e. The van der Waals surface area contributed by atoms with Crippen LogP contribution >= 0.6 is 11.8 Å². The highest BCUT2D eigenvalue weighted by molar-refractivity contribution is 7.99. The molecule has 0 bridgehead atoms. The SMILES string of the molecule is CCSc1nc2n(n1)C(c1ccccc1OCc1ccccc1)C(C(=O)OC(C)C)=C(C)N2. The number of carbonyl (C=O) groups excluding carboxylic acids is 1. The first-order valence-corrected chi connectivity index (χ1v) is 12.0. The van der Waals surface area contributed by atoms with E-state index in [4.69, 9.17) is 14.6 Å². The molecule has 0 saturated heterocycles. The number of para-hydroxylation sites is 1. The Hall–Kier alpha value is -3.26. The molecular weight excluding hydrogens is 436 g/mol. The fraction of sp³-hybridized carbons (Fsp3) is 0.320. The number of anilines is 1. The molecule has 1 unspecified atom stereocenters. The predicted molar refractivity (Wildman–Crippen MR) is 129 cm³/mol. The number of rotatable bonds is 8. The summed E-state index contributed by atoms with van der Waals surface area (Å²) in [7, 11) is 0. The number of nitrogens with zero attached hydrogens (tertiary/aromatic N) is 3. The van der Waals surface area contributed by atoms with Gasteiger partial charge in [-0.3, -0.25) is 0 Å². The molecule has 2 aromatic carbocycles. The quantitative estimate of drug-likeness (QED) is 0.362. The molecule has 1 N–H and O–H groups in total. The number of esters is 1. The average molecular weight is 465 g/mol. The molecule has 7 nitrogen and oxygen atoms in total. The first-order valence-electron chi connectivity index (χ1n) is 11.0. The average Bonchev–Trinajstić information content (AvgIpc) is 3.19. The molecule has 1 aromatic heterocycles. The minimum atomic E-state index is -0.529. The van der Waals surface area contributed by atoms with E-state index in [-0.39, 0.29) is 12.1 Å². The number of hydrogen-bond acceptors (Lipinski definition) is 7. The van der Waals surface area contributed by atoms with Gasteiger partial charge in [0, 0.05) is 11.3 Å². The Labute approximate surface area is 198 Å². The van der Waals surface area contributed by atoms with E-state index in [1.54, 1.807) is 16.4 Å². The Kier molecular flexibility index (Phi) is 7.03. The Morgan fingerprint density at radius 2 is 1.88 bits per heavy atom. The van der Waals surface area contributed by atoms with Gasteiger partial charge in [-0.15, -0.1) is 5.10 Å². The Morgan fingerprint density at radius 3 is 2.61 bits per heavy atom. The predicted octanol–water partition coefficient (Wildman–Crippen LogP) is 5.21. The van der Waals surface area contributed by atoms with Crippen LogP contribution in [0.1, 0.15) is 44.9 Å². The molecule has 1 aliphatic rings. The summed E-state index contributed by atoms with van der Waals surface area (Å²) in [6, 6.07) is 17.2. The molecule has 172 valence electrons. The van der Waals surface area contributed by atoms with Crippen LogP contribution in [0.5, 0.6) is 5.75 Å². The molecule has 0 aliphatic carbocycles. The third-order valence-electron chi connectivity index (χ3n) is 5.12. The van der Waals surface area contributed by atoms with Crippen LogP contribution in [-0.4, -0.2) is 32.6 Å². The smallest absolute Gasteiger partial charge is 0.338 e. The summed E-state index contributed by atoms with van der Waals surface area (Å²) in [5.41, 5.74) is 3.07. The van der Waals surface area contributed by atoms with Gasteiger partial charge in [0.25, 0.3) is 0 Å². The minimum absolute atomic E-state index is 0.244. The lowest BCUT2D eigenvalue weighted by atomic mass is 9.95. The van der Waals surface area contributed by atoms with E-state index in [0.29, 0.717) is 34.7 Å². The van der Waals surface area contributed by atoms with Gasteiger partial charge in [-0.25, -0.2) is 9.48 Å². The zero-order valence-electron chi connectivity index (χ0n) is 19.2. The lowest BCUT2D eigenvalue weighted by molar-refractivity contribution is -0.143. The van der Waals surface area contributed by atoms with Crippen molar-refractivity contribution in [2.45, 2.75) is 51.6 Å². The topological polar surface area (TPSA) is 78.3 Å². The highest BCUT2D eigenvalue weighted by Crippen LogP contribution is 2.40. The van der Waals surface area contributed by atoms with Gasteiger partial charge in [0.1, 0.15) is 18.4 Å². The molecule has 4 rings (SSSR count). The summed E-state index contributed by atoms with van der Waals surface area (Å²) in [4.78, 5) is 17.8. The standard InChI is InChI=1S/C25H28N4O3S/c1-5-33-25-27-24-26-17(4)21(23(30)32-16(2)3)22(29(24)28-25)19-13-9-10-14-20(19)31-15-18-11-7-6-8-12-18/h6-14,16,22H,5,15H2,1-4H3,(H,26,27,28). The number of allylic oxidation sites excluding steroid dienone is 1. The summed E-state index contributed by atoms with van der Waals surface area (Å²) >= 11 is 1.55. The highest BCUT2D eigenvalue weighted by Gasteiger charge is 2.37. The van der Waals surface area contributed by atoms with Gasteiger partial charge in [-0.05, 0) is 38.2 Å². The maximum atomic E-state index is 13.2. The maximum absolute atomic E-state index is 13.2. The van der Waals surface area contributed by atoms with Crippen molar-refractivity contribution in [2.75, 3.05) is 11.1 Å². The lowest BCUT2D eigenvalue weighted by Gasteiger charge is -2.29. The third kappa shape index (κ3) is 5.06. The summed E-state index contributed by atoms with van der Waals surface area (Å²) in [6.45, 7) is 8.01. The van der Waals surface area contributed by atoms with Crippen molar-refractivity contribution in [1.29, 1.82) is 0 Å². The third-order valence-corrected chi connectivity index (χ3v) is 5.84. The first kappa shape index (κ1) is 22.9. The summed E-state index contributed by atoms with van der Waals surface area (Å²) in [5, 5.41) is 8.60.